The average molecular weight is 302 g/mol. The minimum Gasteiger partial charge on any atom is -0.368 e. The molecule has 0 saturated carbocycles. The standard InChI is InChI=1S/C14H14N4O2S/c15-14-16-8-12-9-18(10-13(12)17-14)21(19,20)7-6-11-4-2-1-3-5-11/h1-8H,9-10H2,(H2,15,16,17). The van der Waals surface area contributed by atoms with Crippen LogP contribution in [-0.4, -0.2) is 22.7 Å². The Morgan fingerprint density at radius 2 is 1.95 bits per heavy atom. The first-order chi connectivity index (χ1) is 10.0. The molecule has 2 aromatic rings. The van der Waals surface area contributed by atoms with Crippen LogP contribution in [0.4, 0.5) is 5.95 Å². The van der Waals surface area contributed by atoms with Crippen molar-refractivity contribution >= 4 is 22.0 Å². The molecule has 0 aliphatic carbocycles. The van der Waals surface area contributed by atoms with Gasteiger partial charge in [0.1, 0.15) is 0 Å². The lowest BCUT2D eigenvalue weighted by atomic mass is 10.2. The van der Waals surface area contributed by atoms with Gasteiger partial charge >= 0.3 is 0 Å². The molecule has 7 heteroatoms. The number of hydrogen-bond acceptors (Lipinski definition) is 5. The maximum Gasteiger partial charge on any atom is 0.236 e. The van der Waals surface area contributed by atoms with Crippen molar-refractivity contribution in [2.75, 3.05) is 5.73 Å². The maximum absolute atomic E-state index is 12.3. The lowest BCUT2D eigenvalue weighted by molar-refractivity contribution is 0.437. The molecule has 6 nitrogen and oxygen atoms in total. The molecule has 0 saturated heterocycles. The zero-order valence-corrected chi connectivity index (χ0v) is 12.0. The van der Waals surface area contributed by atoms with Gasteiger partial charge < -0.3 is 5.73 Å². The molecular formula is C14H14N4O2S. The van der Waals surface area contributed by atoms with Crippen molar-refractivity contribution in [3.63, 3.8) is 0 Å². The molecule has 1 aromatic carbocycles. The van der Waals surface area contributed by atoms with Gasteiger partial charge in [-0.05, 0) is 11.6 Å². The van der Waals surface area contributed by atoms with Gasteiger partial charge in [0, 0.05) is 23.7 Å². The molecule has 2 N–H and O–H groups in total. The number of rotatable bonds is 3. The second-order valence-electron chi connectivity index (χ2n) is 4.73. The molecule has 1 aliphatic heterocycles. The summed E-state index contributed by atoms with van der Waals surface area (Å²) in [6.07, 6.45) is 3.16. The molecule has 0 fully saturated rings. The van der Waals surface area contributed by atoms with Crippen LogP contribution in [0.15, 0.2) is 41.9 Å². The van der Waals surface area contributed by atoms with Crippen molar-refractivity contribution in [1.29, 1.82) is 0 Å². The summed E-state index contributed by atoms with van der Waals surface area (Å²) in [6, 6.07) is 9.28. The Labute approximate surface area is 123 Å². The van der Waals surface area contributed by atoms with Crippen LogP contribution in [0.2, 0.25) is 0 Å². The Kier molecular flexibility index (Phi) is 3.44. The molecule has 108 valence electrons. The van der Waals surface area contributed by atoms with E-state index in [9.17, 15) is 8.42 Å². The minimum absolute atomic E-state index is 0.160. The molecule has 0 spiro atoms. The monoisotopic (exact) mass is 302 g/mol. The number of benzene rings is 1. The molecule has 2 heterocycles. The minimum atomic E-state index is -3.49. The predicted octanol–water partition coefficient (Wildman–Crippen LogP) is 1.38. The Bertz CT molecular complexity index is 788. The first-order valence-corrected chi connectivity index (χ1v) is 7.88. The van der Waals surface area contributed by atoms with Crippen LogP contribution in [0.5, 0.6) is 0 Å². The van der Waals surface area contributed by atoms with Gasteiger partial charge in [-0.2, -0.15) is 4.31 Å². The molecule has 1 aliphatic rings. The number of sulfonamides is 1. The highest BCUT2D eigenvalue weighted by Gasteiger charge is 2.28. The molecular weight excluding hydrogens is 288 g/mol. The molecule has 0 bridgehead atoms. The highest BCUT2D eigenvalue weighted by atomic mass is 32.2. The van der Waals surface area contributed by atoms with Crippen LogP contribution in [0.3, 0.4) is 0 Å². The lowest BCUT2D eigenvalue weighted by Crippen LogP contribution is -2.23. The van der Waals surface area contributed by atoms with Crippen molar-refractivity contribution in [3.8, 4) is 0 Å². The van der Waals surface area contributed by atoms with Crippen LogP contribution in [0.25, 0.3) is 6.08 Å². The number of nitrogens with two attached hydrogens (primary N) is 1. The summed E-state index contributed by atoms with van der Waals surface area (Å²) in [7, 11) is -3.49. The van der Waals surface area contributed by atoms with E-state index in [1.165, 1.54) is 9.71 Å². The third-order valence-electron chi connectivity index (χ3n) is 3.24. The molecule has 0 atom stereocenters. The van der Waals surface area contributed by atoms with E-state index in [2.05, 4.69) is 9.97 Å². The third kappa shape index (κ3) is 2.93. The van der Waals surface area contributed by atoms with Crippen LogP contribution in [0.1, 0.15) is 16.8 Å². The smallest absolute Gasteiger partial charge is 0.236 e. The van der Waals surface area contributed by atoms with Crippen molar-refractivity contribution in [2.45, 2.75) is 13.1 Å². The number of anilines is 1. The van der Waals surface area contributed by atoms with Gasteiger partial charge in [0.15, 0.2) is 0 Å². The molecule has 21 heavy (non-hydrogen) atoms. The van der Waals surface area contributed by atoms with Crippen molar-refractivity contribution in [1.82, 2.24) is 14.3 Å². The molecule has 1 aromatic heterocycles. The second-order valence-corrected chi connectivity index (χ2v) is 6.55. The maximum atomic E-state index is 12.3. The summed E-state index contributed by atoms with van der Waals surface area (Å²) in [4.78, 5) is 7.96. The number of aromatic nitrogens is 2. The SMILES string of the molecule is Nc1ncc2c(n1)CN(S(=O)(=O)C=Cc1ccccc1)C2. The van der Waals surface area contributed by atoms with Gasteiger partial charge in [0.05, 0.1) is 12.2 Å². The highest BCUT2D eigenvalue weighted by molar-refractivity contribution is 7.92. The topological polar surface area (TPSA) is 89.2 Å². The average Bonchev–Trinajstić information content (AvgIpc) is 2.90. The fraction of sp³-hybridized carbons (Fsp3) is 0.143. The van der Waals surface area contributed by atoms with Crippen LogP contribution in [-0.2, 0) is 23.1 Å². The van der Waals surface area contributed by atoms with Crippen LogP contribution >= 0.6 is 0 Å². The zero-order chi connectivity index (χ0) is 14.9. The van der Waals surface area contributed by atoms with Crippen molar-refractivity contribution < 1.29 is 8.42 Å². The fourth-order valence-electron chi connectivity index (χ4n) is 2.13. The Hall–Kier alpha value is -2.25. The van der Waals surface area contributed by atoms with E-state index in [1.807, 2.05) is 30.3 Å². The first kappa shape index (κ1) is 13.7. The van der Waals surface area contributed by atoms with E-state index in [0.717, 1.165) is 11.1 Å². The quantitative estimate of drug-likeness (QED) is 0.925. The summed E-state index contributed by atoms with van der Waals surface area (Å²) in [5, 5.41) is 1.21. The molecule has 0 unspecified atom stereocenters. The summed E-state index contributed by atoms with van der Waals surface area (Å²) < 4.78 is 26.0. The third-order valence-corrected chi connectivity index (χ3v) is 4.70. The summed E-state index contributed by atoms with van der Waals surface area (Å²) in [6.45, 7) is 0.501. The van der Waals surface area contributed by atoms with E-state index in [4.69, 9.17) is 5.73 Å². The number of nitrogens with zero attached hydrogens (tertiary/aromatic N) is 3. The number of hydrogen-bond donors (Lipinski definition) is 1. The van der Waals surface area contributed by atoms with Crippen molar-refractivity contribution in [3.05, 3.63) is 58.8 Å². The second kappa shape index (κ2) is 5.27. The van der Waals surface area contributed by atoms with Gasteiger partial charge in [-0.1, -0.05) is 30.3 Å². The zero-order valence-electron chi connectivity index (χ0n) is 11.2. The van der Waals surface area contributed by atoms with Gasteiger partial charge in [-0.3, -0.25) is 0 Å². The Morgan fingerprint density at radius 1 is 1.19 bits per heavy atom. The lowest BCUT2D eigenvalue weighted by Gasteiger charge is -2.11. The number of fused-ring (bicyclic) bond motifs is 1. The van der Waals surface area contributed by atoms with E-state index >= 15 is 0 Å². The Morgan fingerprint density at radius 3 is 2.71 bits per heavy atom. The van der Waals surface area contributed by atoms with Gasteiger partial charge in [-0.15, -0.1) is 0 Å². The summed E-state index contributed by atoms with van der Waals surface area (Å²) in [5.74, 6) is 0.160. The van der Waals surface area contributed by atoms with Crippen LogP contribution in [0, 0.1) is 0 Å². The summed E-state index contributed by atoms with van der Waals surface area (Å²) in [5.41, 5.74) is 7.81. The van der Waals surface area contributed by atoms with Gasteiger partial charge in [0.25, 0.3) is 0 Å². The molecule has 3 rings (SSSR count). The predicted molar refractivity (Wildman–Crippen MR) is 80.1 cm³/mol. The Balaban J connectivity index is 1.80. The van der Waals surface area contributed by atoms with E-state index in [1.54, 1.807) is 12.3 Å². The van der Waals surface area contributed by atoms with Crippen molar-refractivity contribution in [2.24, 2.45) is 0 Å². The normalized spacial score (nSPS) is 15.4. The largest absolute Gasteiger partial charge is 0.368 e. The first-order valence-electron chi connectivity index (χ1n) is 6.38. The fourth-order valence-corrected chi connectivity index (χ4v) is 3.26. The number of nitrogen functional groups attached to an aromatic ring is 1. The summed E-state index contributed by atoms with van der Waals surface area (Å²) >= 11 is 0. The van der Waals surface area contributed by atoms with Gasteiger partial charge in [0.2, 0.25) is 16.0 Å². The van der Waals surface area contributed by atoms with E-state index < -0.39 is 10.0 Å². The molecule has 0 radical (unpaired) electrons. The van der Waals surface area contributed by atoms with Crippen LogP contribution < -0.4 is 5.73 Å². The highest BCUT2D eigenvalue weighted by Crippen LogP contribution is 2.24. The van der Waals surface area contributed by atoms with Gasteiger partial charge in [-0.25, -0.2) is 18.4 Å². The van der Waals surface area contributed by atoms with E-state index in [0.29, 0.717) is 5.69 Å². The van der Waals surface area contributed by atoms with E-state index in [-0.39, 0.29) is 19.0 Å². The molecule has 0 amide bonds.